The number of hydrogen-bond acceptors (Lipinski definition) is 5. The summed E-state index contributed by atoms with van der Waals surface area (Å²) < 4.78 is 18.8. The molecule has 5 nitrogen and oxygen atoms in total. The van der Waals surface area contributed by atoms with Crippen LogP contribution < -0.4 is 4.90 Å². The molecule has 0 bridgehead atoms. The van der Waals surface area contributed by atoms with Gasteiger partial charge in [0, 0.05) is 61.0 Å². The molecule has 11 aromatic rings. The van der Waals surface area contributed by atoms with Crippen molar-refractivity contribution in [3.05, 3.63) is 146 Å². The van der Waals surface area contributed by atoms with Crippen LogP contribution in [0.1, 0.15) is 0 Å². The Balaban J connectivity index is 1.17. The highest BCUT2D eigenvalue weighted by molar-refractivity contribution is 6.23. The van der Waals surface area contributed by atoms with Crippen LogP contribution in [-0.2, 0) is 0 Å². The number of para-hydroxylation sites is 2. The van der Waals surface area contributed by atoms with Crippen LogP contribution in [0.25, 0.3) is 87.4 Å². The van der Waals surface area contributed by atoms with E-state index in [0.717, 1.165) is 104 Å². The van der Waals surface area contributed by atoms with Crippen molar-refractivity contribution in [3.63, 3.8) is 0 Å². The van der Waals surface area contributed by atoms with Crippen LogP contribution in [0.2, 0.25) is 0 Å². The fraction of sp³-hybridized carbons (Fsp3) is 0. The van der Waals surface area contributed by atoms with Crippen LogP contribution in [0, 0.1) is 0 Å². The molecule has 0 spiro atoms. The van der Waals surface area contributed by atoms with E-state index in [4.69, 9.17) is 13.3 Å². The molecule has 0 aliphatic rings. The summed E-state index contributed by atoms with van der Waals surface area (Å²) >= 11 is 0. The third-order valence-corrected chi connectivity index (χ3v) is 9.72. The number of hydrogen-bond donors (Lipinski definition) is 0. The van der Waals surface area contributed by atoms with E-state index in [1.54, 1.807) is 6.20 Å². The molecule has 7 aromatic carbocycles. The Morgan fingerprint density at radius 2 is 0.958 bits per heavy atom. The van der Waals surface area contributed by atoms with Gasteiger partial charge in [-0.3, -0.25) is 4.98 Å². The van der Waals surface area contributed by atoms with Gasteiger partial charge in [0.25, 0.3) is 0 Å². The SMILES string of the molecule is c1ccc2c(c1)oc1ccc(N(c3ccc4c(ccc5ccc6c7ccncc7oc6c54)c3)c3ccc4oc5ccccc5c4c3)cc12. The van der Waals surface area contributed by atoms with E-state index in [0.29, 0.717) is 0 Å². The minimum absolute atomic E-state index is 0.795. The van der Waals surface area contributed by atoms with E-state index >= 15 is 0 Å². The lowest BCUT2D eigenvalue weighted by Crippen LogP contribution is -2.09. The number of aromatic nitrogens is 1. The van der Waals surface area contributed by atoms with Gasteiger partial charge in [0.2, 0.25) is 0 Å². The Hall–Kier alpha value is -6.59. The molecule has 4 aromatic heterocycles. The molecule has 0 atom stereocenters. The summed E-state index contributed by atoms with van der Waals surface area (Å²) in [6.07, 6.45) is 3.61. The summed E-state index contributed by atoms with van der Waals surface area (Å²) in [7, 11) is 0. The van der Waals surface area contributed by atoms with Crippen molar-refractivity contribution in [3.8, 4) is 0 Å². The zero-order valence-corrected chi connectivity index (χ0v) is 25.5. The maximum absolute atomic E-state index is 6.44. The summed E-state index contributed by atoms with van der Waals surface area (Å²) in [4.78, 5) is 6.61. The Morgan fingerprint density at radius 1 is 0.396 bits per heavy atom. The number of benzene rings is 7. The third kappa shape index (κ3) is 3.58. The Labute approximate surface area is 272 Å². The normalized spacial score (nSPS) is 12.2. The van der Waals surface area contributed by atoms with Crippen molar-refractivity contribution < 1.29 is 13.3 Å². The highest BCUT2D eigenvalue weighted by Crippen LogP contribution is 2.43. The van der Waals surface area contributed by atoms with Crippen molar-refractivity contribution in [2.24, 2.45) is 0 Å². The van der Waals surface area contributed by atoms with Gasteiger partial charge >= 0.3 is 0 Å². The van der Waals surface area contributed by atoms with E-state index < -0.39 is 0 Å². The highest BCUT2D eigenvalue weighted by atomic mass is 16.3. The molecule has 0 aliphatic carbocycles. The van der Waals surface area contributed by atoms with Gasteiger partial charge in [-0.15, -0.1) is 0 Å². The molecule has 4 heterocycles. The monoisotopic (exact) mass is 616 g/mol. The van der Waals surface area contributed by atoms with E-state index in [-0.39, 0.29) is 0 Å². The van der Waals surface area contributed by atoms with Crippen LogP contribution in [-0.4, -0.2) is 4.98 Å². The van der Waals surface area contributed by atoms with Crippen LogP contribution in [0.3, 0.4) is 0 Å². The molecular formula is C43H24N2O3. The number of fused-ring (bicyclic) bond motifs is 13. The van der Waals surface area contributed by atoms with E-state index in [9.17, 15) is 0 Å². The molecule has 5 heteroatoms. The van der Waals surface area contributed by atoms with Crippen LogP contribution in [0.15, 0.2) is 159 Å². The van der Waals surface area contributed by atoms with Gasteiger partial charge in [0.1, 0.15) is 27.9 Å². The number of nitrogens with zero attached hydrogens (tertiary/aromatic N) is 2. The van der Waals surface area contributed by atoms with Crippen LogP contribution >= 0.6 is 0 Å². The van der Waals surface area contributed by atoms with Crippen LogP contribution in [0.5, 0.6) is 0 Å². The van der Waals surface area contributed by atoms with E-state index in [2.05, 4.69) is 113 Å². The molecule has 0 saturated heterocycles. The molecule has 0 saturated carbocycles. The largest absolute Gasteiger partial charge is 0.456 e. The predicted octanol–water partition coefficient (Wildman–Crippen LogP) is 12.6. The van der Waals surface area contributed by atoms with Gasteiger partial charge in [-0.05, 0) is 89.0 Å². The fourth-order valence-corrected chi connectivity index (χ4v) is 7.51. The summed E-state index contributed by atoms with van der Waals surface area (Å²) in [5.74, 6) is 0. The molecule has 224 valence electrons. The first-order chi connectivity index (χ1) is 23.8. The van der Waals surface area contributed by atoms with Crippen molar-refractivity contribution >= 4 is 104 Å². The summed E-state index contributed by atoms with van der Waals surface area (Å²) in [6.45, 7) is 0. The first kappa shape index (κ1) is 25.6. The molecule has 0 fully saturated rings. The number of rotatable bonds is 3. The Kier molecular flexibility index (Phi) is 5.05. The second-order valence-electron chi connectivity index (χ2n) is 12.4. The smallest absolute Gasteiger partial charge is 0.153 e. The molecular weight excluding hydrogens is 592 g/mol. The third-order valence-electron chi connectivity index (χ3n) is 9.72. The van der Waals surface area contributed by atoms with Gasteiger partial charge in [0.05, 0.1) is 6.20 Å². The zero-order chi connectivity index (χ0) is 31.3. The lowest BCUT2D eigenvalue weighted by molar-refractivity contribution is 0.668. The first-order valence-electron chi connectivity index (χ1n) is 16.0. The molecule has 0 N–H and O–H groups in total. The molecule has 0 aliphatic heterocycles. The topological polar surface area (TPSA) is 55.6 Å². The minimum atomic E-state index is 0.795. The van der Waals surface area contributed by atoms with Gasteiger partial charge in [-0.25, -0.2) is 0 Å². The van der Waals surface area contributed by atoms with Crippen molar-refractivity contribution in [2.75, 3.05) is 4.90 Å². The van der Waals surface area contributed by atoms with Crippen molar-refractivity contribution in [2.45, 2.75) is 0 Å². The van der Waals surface area contributed by atoms with Gasteiger partial charge < -0.3 is 18.2 Å². The molecule has 11 rings (SSSR count). The standard InChI is InChI=1S/C43H24N2O3/c1-3-7-37-31(5-1)35-22-28(13-17-39(35)46-37)45(29-14-18-40-36(23-29)32-6-2-4-8-38(32)47-40)27-12-16-30-26(21-27)10-9-25-11-15-34-33-19-20-44-24-41(33)48-43(34)42(25)30/h1-24H. The van der Waals surface area contributed by atoms with Gasteiger partial charge in [-0.2, -0.15) is 0 Å². The van der Waals surface area contributed by atoms with Gasteiger partial charge in [-0.1, -0.05) is 60.7 Å². The predicted molar refractivity (Wildman–Crippen MR) is 196 cm³/mol. The average molecular weight is 617 g/mol. The second-order valence-corrected chi connectivity index (χ2v) is 12.4. The second kappa shape index (κ2) is 9.47. The molecule has 48 heavy (non-hydrogen) atoms. The quantitative estimate of drug-likeness (QED) is 0.185. The van der Waals surface area contributed by atoms with E-state index in [1.165, 1.54) is 0 Å². The first-order valence-corrected chi connectivity index (χ1v) is 16.0. The Morgan fingerprint density at radius 3 is 1.69 bits per heavy atom. The zero-order valence-electron chi connectivity index (χ0n) is 25.5. The van der Waals surface area contributed by atoms with Crippen LogP contribution in [0.4, 0.5) is 17.1 Å². The molecule has 0 radical (unpaired) electrons. The van der Waals surface area contributed by atoms with Gasteiger partial charge in [0.15, 0.2) is 5.58 Å². The summed E-state index contributed by atoms with van der Waals surface area (Å²) in [6, 6.07) is 46.8. The van der Waals surface area contributed by atoms with E-state index in [1.807, 2.05) is 36.5 Å². The fourth-order valence-electron chi connectivity index (χ4n) is 7.51. The summed E-state index contributed by atoms with van der Waals surface area (Å²) in [5, 5.41) is 11.0. The Bertz CT molecular complexity index is 2980. The lowest BCUT2D eigenvalue weighted by atomic mass is 9.98. The lowest BCUT2D eigenvalue weighted by Gasteiger charge is -2.26. The minimum Gasteiger partial charge on any atom is -0.456 e. The maximum atomic E-state index is 6.44. The highest BCUT2D eigenvalue weighted by Gasteiger charge is 2.19. The maximum Gasteiger partial charge on any atom is 0.153 e. The number of furan rings is 3. The van der Waals surface area contributed by atoms with Crippen molar-refractivity contribution in [1.82, 2.24) is 4.98 Å². The van der Waals surface area contributed by atoms with Crippen molar-refractivity contribution in [1.29, 1.82) is 0 Å². The average Bonchev–Trinajstić information content (AvgIpc) is 3.82. The molecule has 0 unspecified atom stereocenters. The number of pyridine rings is 1. The summed E-state index contributed by atoms with van der Waals surface area (Å²) in [5.41, 5.74) is 8.30. The number of anilines is 3. The molecule has 0 amide bonds.